The Morgan fingerprint density at radius 3 is 2.45 bits per heavy atom. The maximum absolute atomic E-state index is 11.6. The molecule has 0 amide bonds. The molecule has 3 saturated heterocycles. The van der Waals surface area contributed by atoms with Crippen molar-refractivity contribution in [3.05, 3.63) is 0 Å². The monoisotopic (exact) mass is 302 g/mol. The van der Waals surface area contributed by atoms with E-state index in [9.17, 15) is 8.42 Å². The average Bonchev–Trinajstić information content (AvgIpc) is 3.00. The topological polar surface area (TPSA) is 69.9 Å². The van der Waals surface area contributed by atoms with Gasteiger partial charge in [-0.15, -0.1) is 0 Å². The van der Waals surface area contributed by atoms with E-state index >= 15 is 0 Å². The molecule has 3 aliphatic heterocycles. The van der Waals surface area contributed by atoms with E-state index in [2.05, 4.69) is 9.80 Å². The number of fused-ring (bicyclic) bond motifs is 1. The first-order chi connectivity index (χ1) is 9.47. The molecule has 3 fully saturated rings. The minimum Gasteiger partial charge on any atom is -0.329 e. The second-order valence-corrected chi connectivity index (χ2v) is 8.38. The number of hydrogen-bond donors (Lipinski definition) is 1. The molecule has 0 spiro atoms. The molecule has 0 radical (unpaired) electrons. The summed E-state index contributed by atoms with van der Waals surface area (Å²) in [6.45, 7) is 5.88. The highest BCUT2D eigenvalue weighted by atomic mass is 32.2. The molecule has 0 saturated carbocycles. The first kappa shape index (κ1) is 14.7. The number of hydrogen-bond acceptors (Lipinski definition) is 5. The predicted molar refractivity (Wildman–Crippen MR) is 79.0 cm³/mol. The number of nitrogens with zero attached hydrogens (tertiary/aromatic N) is 3. The molecule has 0 bridgehead atoms. The lowest BCUT2D eigenvalue weighted by Gasteiger charge is -2.47. The third-order valence-electron chi connectivity index (χ3n) is 5.51. The predicted octanol–water partition coefficient (Wildman–Crippen LogP) is -0.871. The summed E-state index contributed by atoms with van der Waals surface area (Å²) in [5.74, 6) is 0. The summed E-state index contributed by atoms with van der Waals surface area (Å²) in [5, 5.41) is 0. The van der Waals surface area contributed by atoms with Gasteiger partial charge < -0.3 is 5.73 Å². The minimum atomic E-state index is -3.05. The van der Waals surface area contributed by atoms with Crippen LogP contribution in [0.2, 0.25) is 0 Å². The Balaban J connectivity index is 1.73. The maximum atomic E-state index is 11.6. The molecule has 0 aromatic heterocycles. The summed E-state index contributed by atoms with van der Waals surface area (Å²) in [5.41, 5.74) is 6.26. The van der Waals surface area contributed by atoms with Crippen LogP contribution in [-0.2, 0) is 10.0 Å². The van der Waals surface area contributed by atoms with Crippen LogP contribution in [0, 0.1) is 0 Å². The van der Waals surface area contributed by atoms with Crippen LogP contribution in [0.5, 0.6) is 0 Å². The second-order valence-electron chi connectivity index (χ2n) is 6.40. The Morgan fingerprint density at radius 1 is 1.15 bits per heavy atom. The van der Waals surface area contributed by atoms with Crippen LogP contribution in [0.25, 0.3) is 0 Å². The first-order valence-corrected chi connectivity index (χ1v) is 9.46. The maximum Gasteiger partial charge on any atom is 0.211 e. The fourth-order valence-corrected chi connectivity index (χ4v) is 5.23. The molecule has 20 heavy (non-hydrogen) atoms. The van der Waals surface area contributed by atoms with E-state index in [-0.39, 0.29) is 5.54 Å². The zero-order valence-electron chi connectivity index (χ0n) is 12.3. The van der Waals surface area contributed by atoms with Crippen LogP contribution in [0.4, 0.5) is 0 Å². The first-order valence-electron chi connectivity index (χ1n) is 7.62. The van der Waals surface area contributed by atoms with Crippen molar-refractivity contribution < 1.29 is 8.42 Å². The van der Waals surface area contributed by atoms with Crippen molar-refractivity contribution in [2.45, 2.75) is 30.8 Å². The van der Waals surface area contributed by atoms with Crippen LogP contribution in [-0.4, -0.2) is 86.2 Å². The summed E-state index contributed by atoms with van der Waals surface area (Å²) < 4.78 is 24.8. The molecule has 2 atom stereocenters. The lowest BCUT2D eigenvalue weighted by atomic mass is 9.86. The molecule has 0 aromatic rings. The third-order valence-corrected chi connectivity index (χ3v) is 6.81. The summed E-state index contributed by atoms with van der Waals surface area (Å²) in [7, 11) is -3.05. The van der Waals surface area contributed by atoms with Gasteiger partial charge >= 0.3 is 0 Å². The number of rotatable bonds is 3. The highest BCUT2D eigenvalue weighted by Gasteiger charge is 2.52. The van der Waals surface area contributed by atoms with Crippen molar-refractivity contribution in [3.8, 4) is 0 Å². The van der Waals surface area contributed by atoms with Gasteiger partial charge in [0.15, 0.2) is 0 Å². The summed E-state index contributed by atoms with van der Waals surface area (Å²) in [4.78, 5) is 5.06. The van der Waals surface area contributed by atoms with Gasteiger partial charge in [0.25, 0.3) is 0 Å². The van der Waals surface area contributed by atoms with Gasteiger partial charge in [-0.05, 0) is 25.8 Å². The molecule has 3 aliphatic rings. The van der Waals surface area contributed by atoms with E-state index in [0.717, 1.165) is 26.1 Å². The number of sulfonamides is 1. The summed E-state index contributed by atoms with van der Waals surface area (Å²) in [6.07, 6.45) is 4.95. The van der Waals surface area contributed by atoms with Gasteiger partial charge in [0.1, 0.15) is 0 Å². The van der Waals surface area contributed by atoms with Crippen LogP contribution in [0.1, 0.15) is 19.3 Å². The van der Waals surface area contributed by atoms with Crippen molar-refractivity contribution in [3.63, 3.8) is 0 Å². The van der Waals surface area contributed by atoms with Crippen molar-refractivity contribution in [2.75, 3.05) is 52.1 Å². The fourth-order valence-electron chi connectivity index (χ4n) is 4.41. The molecule has 0 aromatic carbocycles. The molecule has 6 nitrogen and oxygen atoms in total. The van der Waals surface area contributed by atoms with Crippen molar-refractivity contribution >= 4 is 10.0 Å². The van der Waals surface area contributed by atoms with Crippen molar-refractivity contribution in [1.29, 1.82) is 0 Å². The lowest BCUT2D eigenvalue weighted by molar-refractivity contribution is 0.0378. The molecular formula is C13H26N4O2S. The Bertz CT molecular complexity index is 461. The van der Waals surface area contributed by atoms with Gasteiger partial charge in [0, 0.05) is 50.8 Å². The summed E-state index contributed by atoms with van der Waals surface area (Å²) >= 11 is 0. The smallest absolute Gasteiger partial charge is 0.211 e. The van der Waals surface area contributed by atoms with Gasteiger partial charge in [-0.3, -0.25) is 9.80 Å². The number of nitrogens with two attached hydrogens (primary N) is 1. The van der Waals surface area contributed by atoms with E-state index in [1.54, 1.807) is 4.31 Å². The minimum absolute atomic E-state index is 0.0834. The van der Waals surface area contributed by atoms with E-state index in [4.69, 9.17) is 5.73 Å². The Morgan fingerprint density at radius 2 is 1.85 bits per heavy atom. The quantitative estimate of drug-likeness (QED) is 0.734. The second kappa shape index (κ2) is 5.21. The zero-order chi connectivity index (χ0) is 14.4. The van der Waals surface area contributed by atoms with Crippen LogP contribution in [0.15, 0.2) is 0 Å². The highest BCUT2D eigenvalue weighted by Crippen LogP contribution is 2.40. The standard InChI is InChI=1S/C13H26N4O2S/c1-20(18,19)17-9-7-16(8-10-17)13(11-14)4-6-15-5-2-3-12(13)15/h12H,2-11,14H2,1H3. The number of piperazine rings is 1. The van der Waals surface area contributed by atoms with E-state index in [0.29, 0.717) is 25.7 Å². The summed E-state index contributed by atoms with van der Waals surface area (Å²) in [6, 6.07) is 0.581. The molecule has 116 valence electrons. The van der Waals surface area contributed by atoms with E-state index in [1.165, 1.54) is 25.6 Å². The van der Waals surface area contributed by atoms with Crippen LogP contribution in [0.3, 0.4) is 0 Å². The Hall–Kier alpha value is -0.210. The highest BCUT2D eigenvalue weighted by molar-refractivity contribution is 7.88. The van der Waals surface area contributed by atoms with Crippen LogP contribution < -0.4 is 5.73 Å². The van der Waals surface area contributed by atoms with Crippen molar-refractivity contribution in [1.82, 2.24) is 14.1 Å². The molecule has 3 rings (SSSR count). The average molecular weight is 302 g/mol. The molecule has 2 N–H and O–H groups in total. The molecule has 2 unspecified atom stereocenters. The third kappa shape index (κ3) is 2.29. The lowest BCUT2D eigenvalue weighted by Crippen LogP contribution is -2.64. The largest absolute Gasteiger partial charge is 0.329 e. The molecule has 3 heterocycles. The van der Waals surface area contributed by atoms with Crippen molar-refractivity contribution in [2.24, 2.45) is 5.73 Å². The zero-order valence-corrected chi connectivity index (χ0v) is 13.1. The molecular weight excluding hydrogens is 276 g/mol. The molecule has 7 heteroatoms. The van der Waals surface area contributed by atoms with E-state index < -0.39 is 10.0 Å². The fraction of sp³-hybridized carbons (Fsp3) is 1.00. The SMILES string of the molecule is CS(=O)(=O)N1CCN(C2(CN)CCN3CCCC32)CC1. The molecule has 0 aliphatic carbocycles. The Kier molecular flexibility index (Phi) is 3.83. The normalized spacial score (nSPS) is 37.4. The Labute approximate surface area is 121 Å². The van der Waals surface area contributed by atoms with Gasteiger partial charge in [-0.2, -0.15) is 4.31 Å². The van der Waals surface area contributed by atoms with Gasteiger partial charge in [-0.25, -0.2) is 8.42 Å². The van der Waals surface area contributed by atoms with E-state index in [1.807, 2.05) is 0 Å². The van der Waals surface area contributed by atoms with Gasteiger partial charge in [0.2, 0.25) is 10.0 Å². The van der Waals surface area contributed by atoms with Gasteiger partial charge in [0.05, 0.1) is 6.26 Å². The van der Waals surface area contributed by atoms with Crippen LogP contribution >= 0.6 is 0 Å². The van der Waals surface area contributed by atoms with Gasteiger partial charge in [-0.1, -0.05) is 0 Å².